The molecule has 1 unspecified atom stereocenters. The van der Waals surface area contributed by atoms with Crippen LogP contribution in [0.25, 0.3) is 0 Å². The number of hydrogen-bond donors (Lipinski definition) is 2. The van der Waals surface area contributed by atoms with E-state index in [1.807, 2.05) is 0 Å². The minimum Gasteiger partial charge on any atom is -0.495 e. The van der Waals surface area contributed by atoms with Crippen LogP contribution < -0.4 is 0 Å². The number of aliphatic carboxylic acids is 1. The molecule has 0 aromatic rings. The summed E-state index contributed by atoms with van der Waals surface area (Å²) >= 11 is 0. The highest BCUT2D eigenvalue weighted by Crippen LogP contribution is 2.31. The van der Waals surface area contributed by atoms with Crippen molar-refractivity contribution in [2.24, 2.45) is 0 Å². The fourth-order valence-corrected chi connectivity index (χ4v) is 1.45. The summed E-state index contributed by atoms with van der Waals surface area (Å²) in [5, 5.41) is 18.8. The molecule has 0 aromatic heterocycles. The predicted octanol–water partition coefficient (Wildman–Crippen LogP) is 0.656. The van der Waals surface area contributed by atoms with Gasteiger partial charge in [0.1, 0.15) is 0 Å². The second-order valence-corrected chi connectivity index (χ2v) is 3.13. The standard InChI is InChI=1S/C10H14O5/c1-3-15-10(13)6-7(9(11)12)4-5-8(10)14-2/h4-5,13H,3,6H2,1-2H3,(H,11,12). The summed E-state index contributed by atoms with van der Waals surface area (Å²) in [6.07, 6.45) is 2.69. The van der Waals surface area contributed by atoms with E-state index in [4.69, 9.17) is 14.6 Å². The number of methoxy groups -OCH3 is 1. The van der Waals surface area contributed by atoms with E-state index < -0.39 is 11.8 Å². The van der Waals surface area contributed by atoms with Crippen molar-refractivity contribution >= 4 is 5.97 Å². The largest absolute Gasteiger partial charge is 0.495 e. The molecule has 1 aliphatic rings. The molecule has 1 atom stereocenters. The molecule has 1 rings (SSSR count). The Morgan fingerprint density at radius 3 is 2.73 bits per heavy atom. The Bertz CT molecular complexity index is 318. The van der Waals surface area contributed by atoms with Crippen molar-refractivity contribution < 1.29 is 24.5 Å². The predicted molar refractivity (Wildman–Crippen MR) is 52.0 cm³/mol. The molecule has 15 heavy (non-hydrogen) atoms. The number of rotatable bonds is 4. The fourth-order valence-electron chi connectivity index (χ4n) is 1.45. The zero-order valence-corrected chi connectivity index (χ0v) is 8.69. The van der Waals surface area contributed by atoms with Gasteiger partial charge in [-0.3, -0.25) is 0 Å². The van der Waals surface area contributed by atoms with E-state index in [0.29, 0.717) is 0 Å². The number of ether oxygens (including phenoxy) is 2. The first-order valence-electron chi connectivity index (χ1n) is 4.58. The van der Waals surface area contributed by atoms with Gasteiger partial charge < -0.3 is 19.7 Å². The van der Waals surface area contributed by atoms with Gasteiger partial charge in [-0.2, -0.15) is 0 Å². The maximum absolute atomic E-state index is 10.7. The lowest BCUT2D eigenvalue weighted by Gasteiger charge is -2.31. The molecule has 5 nitrogen and oxygen atoms in total. The van der Waals surface area contributed by atoms with Crippen LogP contribution in [0.5, 0.6) is 0 Å². The summed E-state index contributed by atoms with van der Waals surface area (Å²) in [7, 11) is 1.40. The number of carboxylic acid groups (broad SMARTS) is 1. The second-order valence-electron chi connectivity index (χ2n) is 3.13. The van der Waals surface area contributed by atoms with Gasteiger partial charge in [0.2, 0.25) is 5.79 Å². The highest BCUT2D eigenvalue weighted by atomic mass is 16.6. The van der Waals surface area contributed by atoms with Crippen LogP contribution in [0.1, 0.15) is 13.3 Å². The van der Waals surface area contributed by atoms with Crippen LogP contribution in [0.4, 0.5) is 0 Å². The lowest BCUT2D eigenvalue weighted by molar-refractivity contribution is -0.195. The van der Waals surface area contributed by atoms with Gasteiger partial charge in [-0.1, -0.05) is 0 Å². The molecule has 1 aliphatic carbocycles. The third-order valence-corrected chi connectivity index (χ3v) is 2.13. The lowest BCUT2D eigenvalue weighted by atomic mass is 9.97. The molecular formula is C10H14O5. The Balaban J connectivity index is 2.97. The highest BCUT2D eigenvalue weighted by molar-refractivity contribution is 5.87. The molecule has 0 radical (unpaired) electrons. The third kappa shape index (κ3) is 2.37. The molecule has 0 bridgehead atoms. The van der Waals surface area contributed by atoms with E-state index >= 15 is 0 Å². The molecule has 84 valence electrons. The summed E-state index contributed by atoms with van der Waals surface area (Å²) in [4.78, 5) is 10.7. The molecule has 0 saturated carbocycles. The van der Waals surface area contributed by atoms with Gasteiger partial charge in [0.25, 0.3) is 0 Å². The number of carbonyl (C=O) groups is 1. The van der Waals surface area contributed by atoms with E-state index in [1.165, 1.54) is 19.3 Å². The SMILES string of the molecule is CCOC1(O)CC(C(=O)O)=CC=C1OC. The van der Waals surface area contributed by atoms with Crippen LogP contribution in [0.2, 0.25) is 0 Å². The van der Waals surface area contributed by atoms with E-state index in [2.05, 4.69) is 0 Å². The van der Waals surface area contributed by atoms with Gasteiger partial charge >= 0.3 is 5.97 Å². The maximum Gasteiger partial charge on any atom is 0.331 e. The van der Waals surface area contributed by atoms with Crippen LogP contribution >= 0.6 is 0 Å². The van der Waals surface area contributed by atoms with Crippen molar-refractivity contribution in [2.75, 3.05) is 13.7 Å². The first-order chi connectivity index (χ1) is 7.03. The molecule has 0 aromatic carbocycles. The molecule has 5 heteroatoms. The van der Waals surface area contributed by atoms with Gasteiger partial charge in [0.15, 0.2) is 5.76 Å². The summed E-state index contributed by atoms with van der Waals surface area (Å²) in [6, 6.07) is 0. The van der Waals surface area contributed by atoms with Crippen molar-refractivity contribution in [1.29, 1.82) is 0 Å². The average Bonchev–Trinajstić information content (AvgIpc) is 2.17. The smallest absolute Gasteiger partial charge is 0.331 e. The molecule has 0 heterocycles. The normalized spacial score (nSPS) is 25.5. The monoisotopic (exact) mass is 214 g/mol. The minimum atomic E-state index is -1.66. The molecule has 0 amide bonds. The lowest BCUT2D eigenvalue weighted by Crippen LogP contribution is -2.38. The van der Waals surface area contributed by atoms with Crippen molar-refractivity contribution in [3.63, 3.8) is 0 Å². The van der Waals surface area contributed by atoms with Crippen molar-refractivity contribution in [3.05, 3.63) is 23.5 Å². The van der Waals surface area contributed by atoms with Crippen LogP contribution in [0, 0.1) is 0 Å². The quantitative estimate of drug-likeness (QED) is 0.672. The first kappa shape index (κ1) is 11.7. The Hall–Kier alpha value is -1.33. The number of aliphatic hydroxyl groups is 1. The van der Waals surface area contributed by atoms with Crippen LogP contribution in [-0.2, 0) is 14.3 Å². The van der Waals surface area contributed by atoms with Crippen LogP contribution in [-0.4, -0.2) is 35.7 Å². The fraction of sp³-hybridized carbons (Fsp3) is 0.500. The summed E-state index contributed by atoms with van der Waals surface area (Å²) in [6.45, 7) is 1.98. The first-order valence-corrected chi connectivity index (χ1v) is 4.58. The summed E-state index contributed by atoms with van der Waals surface area (Å²) < 4.78 is 10.0. The van der Waals surface area contributed by atoms with Gasteiger partial charge in [0.05, 0.1) is 7.11 Å². The molecule has 0 saturated heterocycles. The molecule has 0 spiro atoms. The molecule has 0 fully saturated rings. The topological polar surface area (TPSA) is 76.0 Å². The van der Waals surface area contributed by atoms with E-state index in [1.54, 1.807) is 6.92 Å². The van der Waals surface area contributed by atoms with Crippen molar-refractivity contribution in [2.45, 2.75) is 19.1 Å². The van der Waals surface area contributed by atoms with Crippen molar-refractivity contribution in [1.82, 2.24) is 0 Å². The Morgan fingerprint density at radius 1 is 1.60 bits per heavy atom. The molecule has 0 aliphatic heterocycles. The van der Waals surface area contributed by atoms with Gasteiger partial charge in [-0.15, -0.1) is 0 Å². The zero-order valence-electron chi connectivity index (χ0n) is 8.69. The van der Waals surface area contributed by atoms with Gasteiger partial charge in [-0.25, -0.2) is 4.79 Å². The summed E-state index contributed by atoms with van der Waals surface area (Å²) in [5.41, 5.74) is 0.0896. The molecule has 2 N–H and O–H groups in total. The average molecular weight is 214 g/mol. The summed E-state index contributed by atoms with van der Waals surface area (Å²) in [5.74, 6) is -2.51. The van der Waals surface area contributed by atoms with E-state index in [9.17, 15) is 9.90 Å². The van der Waals surface area contributed by atoms with Gasteiger partial charge in [-0.05, 0) is 19.1 Å². The highest BCUT2D eigenvalue weighted by Gasteiger charge is 2.38. The minimum absolute atomic E-state index is 0.0896. The van der Waals surface area contributed by atoms with E-state index in [0.717, 1.165) is 0 Å². The second kappa shape index (κ2) is 4.46. The van der Waals surface area contributed by atoms with E-state index in [-0.39, 0.29) is 24.4 Å². The van der Waals surface area contributed by atoms with Crippen LogP contribution in [0.15, 0.2) is 23.5 Å². The zero-order chi connectivity index (χ0) is 11.5. The van der Waals surface area contributed by atoms with Gasteiger partial charge in [0, 0.05) is 18.6 Å². The Morgan fingerprint density at radius 2 is 2.27 bits per heavy atom. The van der Waals surface area contributed by atoms with Crippen LogP contribution in [0.3, 0.4) is 0 Å². The third-order valence-electron chi connectivity index (χ3n) is 2.13. The Kier molecular flexibility index (Phi) is 3.49. The molecular weight excluding hydrogens is 200 g/mol. The number of carboxylic acids is 1. The number of allylic oxidation sites excluding steroid dienone is 2. The maximum atomic E-state index is 10.7. The van der Waals surface area contributed by atoms with Crippen molar-refractivity contribution in [3.8, 4) is 0 Å². The number of hydrogen-bond acceptors (Lipinski definition) is 4. The Labute approximate surface area is 87.6 Å².